The molecule has 0 saturated carbocycles. The number of carbonyl (C=O) groups excluding carboxylic acids is 1. The van der Waals surface area contributed by atoms with E-state index in [0.29, 0.717) is 17.7 Å². The largest absolute Gasteiger partial charge is 0.494 e. The molecule has 0 aliphatic heterocycles. The van der Waals surface area contributed by atoms with Crippen molar-refractivity contribution in [2.75, 3.05) is 11.9 Å². The maximum atomic E-state index is 12.4. The molecule has 0 amide bonds. The molecule has 2 aromatic carbocycles. The van der Waals surface area contributed by atoms with Gasteiger partial charge in [0.05, 0.1) is 6.61 Å². The maximum Gasteiger partial charge on any atom is 0.193 e. The molecule has 2 aromatic rings. The molecule has 0 aromatic heterocycles. The van der Waals surface area contributed by atoms with Crippen molar-refractivity contribution in [3.63, 3.8) is 0 Å². The van der Waals surface area contributed by atoms with Gasteiger partial charge in [0.15, 0.2) is 5.78 Å². The fraction of sp³-hybridized carbons (Fsp3) is 0.381. The number of halogens is 1. The monoisotopic (exact) mass is 388 g/mol. The van der Waals surface area contributed by atoms with Crippen LogP contribution in [0.3, 0.4) is 0 Å². The van der Waals surface area contributed by atoms with E-state index in [2.05, 4.69) is 15.9 Å². The number of ether oxygens (including phenoxy) is 1. The molecule has 24 heavy (non-hydrogen) atoms. The van der Waals surface area contributed by atoms with Crippen molar-refractivity contribution in [3.8, 4) is 5.75 Å². The summed E-state index contributed by atoms with van der Waals surface area (Å²) in [7, 11) is 0. The number of rotatable bonds is 11. The van der Waals surface area contributed by atoms with Crippen LogP contribution in [-0.2, 0) is 0 Å². The topological polar surface area (TPSA) is 26.3 Å². The van der Waals surface area contributed by atoms with Crippen LogP contribution in [0.4, 0.5) is 0 Å². The molecule has 0 radical (unpaired) electrons. The average molecular weight is 389 g/mol. The molecule has 0 N–H and O–H groups in total. The van der Waals surface area contributed by atoms with E-state index in [1.54, 1.807) is 0 Å². The summed E-state index contributed by atoms with van der Waals surface area (Å²) in [6.07, 6.45) is 7.39. The average Bonchev–Trinajstić information content (AvgIpc) is 2.64. The quantitative estimate of drug-likeness (QED) is 0.266. The molecule has 0 aliphatic rings. The van der Waals surface area contributed by atoms with Crippen LogP contribution in [0.25, 0.3) is 0 Å². The third-order valence-electron chi connectivity index (χ3n) is 3.93. The Labute approximate surface area is 153 Å². The molecule has 2 rings (SSSR count). The van der Waals surface area contributed by atoms with E-state index in [1.165, 1.54) is 32.1 Å². The Morgan fingerprint density at radius 3 is 2.21 bits per heavy atom. The Morgan fingerprint density at radius 2 is 1.46 bits per heavy atom. The standard InChI is InChI=1S/C21H25BrO2/c22-15-8-3-1-2-4-9-16-24-20-14-10-13-19(17-20)21(23)18-11-6-5-7-12-18/h5-7,10-14,17H,1-4,8-9,15-16H2. The fourth-order valence-electron chi connectivity index (χ4n) is 2.58. The number of unbranched alkanes of at least 4 members (excludes halogenated alkanes) is 5. The SMILES string of the molecule is O=C(c1ccccc1)c1cccc(OCCCCCCCCBr)c1. The van der Waals surface area contributed by atoms with E-state index >= 15 is 0 Å². The molecule has 0 bridgehead atoms. The van der Waals surface area contributed by atoms with E-state index in [-0.39, 0.29) is 5.78 Å². The van der Waals surface area contributed by atoms with Crippen molar-refractivity contribution in [2.45, 2.75) is 38.5 Å². The number of hydrogen-bond acceptors (Lipinski definition) is 2. The van der Waals surface area contributed by atoms with Gasteiger partial charge in [-0.1, -0.05) is 84.1 Å². The second-order valence-electron chi connectivity index (χ2n) is 5.88. The number of ketones is 1. The lowest BCUT2D eigenvalue weighted by molar-refractivity contribution is 0.103. The van der Waals surface area contributed by atoms with Crippen LogP contribution in [0.1, 0.15) is 54.4 Å². The minimum Gasteiger partial charge on any atom is -0.494 e. The molecule has 0 spiro atoms. The van der Waals surface area contributed by atoms with Gasteiger partial charge in [-0.2, -0.15) is 0 Å². The lowest BCUT2D eigenvalue weighted by atomic mass is 10.0. The molecular weight excluding hydrogens is 364 g/mol. The minimum absolute atomic E-state index is 0.0350. The molecule has 3 heteroatoms. The maximum absolute atomic E-state index is 12.4. The predicted molar refractivity (Wildman–Crippen MR) is 103 cm³/mol. The van der Waals surface area contributed by atoms with Crippen molar-refractivity contribution in [2.24, 2.45) is 0 Å². The Hall–Kier alpha value is -1.61. The van der Waals surface area contributed by atoms with E-state index < -0.39 is 0 Å². The second kappa shape index (κ2) is 11.0. The lowest BCUT2D eigenvalue weighted by Crippen LogP contribution is -2.02. The normalized spacial score (nSPS) is 10.5. The van der Waals surface area contributed by atoms with Gasteiger partial charge in [-0.25, -0.2) is 0 Å². The first-order valence-corrected chi connectivity index (χ1v) is 9.82. The van der Waals surface area contributed by atoms with Gasteiger partial charge in [0.25, 0.3) is 0 Å². The number of alkyl halides is 1. The summed E-state index contributed by atoms with van der Waals surface area (Å²) >= 11 is 3.46. The van der Waals surface area contributed by atoms with Gasteiger partial charge in [0, 0.05) is 16.5 Å². The summed E-state index contributed by atoms with van der Waals surface area (Å²) in [6.45, 7) is 0.710. The first-order chi connectivity index (χ1) is 11.8. The van der Waals surface area contributed by atoms with Crippen LogP contribution in [0.5, 0.6) is 5.75 Å². The van der Waals surface area contributed by atoms with Gasteiger partial charge in [-0.3, -0.25) is 4.79 Å². The minimum atomic E-state index is 0.0350. The molecule has 0 aliphatic carbocycles. The molecule has 128 valence electrons. The van der Waals surface area contributed by atoms with Crippen LogP contribution in [0, 0.1) is 0 Å². The number of carbonyl (C=O) groups is 1. The highest BCUT2D eigenvalue weighted by molar-refractivity contribution is 9.09. The van der Waals surface area contributed by atoms with Crippen LogP contribution in [0.15, 0.2) is 54.6 Å². The number of hydrogen-bond donors (Lipinski definition) is 0. The van der Waals surface area contributed by atoms with Crippen LogP contribution in [-0.4, -0.2) is 17.7 Å². The molecule has 0 atom stereocenters. The zero-order valence-electron chi connectivity index (χ0n) is 14.0. The smallest absolute Gasteiger partial charge is 0.193 e. The van der Waals surface area contributed by atoms with Crippen LogP contribution in [0.2, 0.25) is 0 Å². The number of benzene rings is 2. The van der Waals surface area contributed by atoms with E-state index in [4.69, 9.17) is 4.74 Å². The molecule has 0 heterocycles. The van der Waals surface area contributed by atoms with Gasteiger partial charge in [-0.15, -0.1) is 0 Å². The molecule has 2 nitrogen and oxygen atoms in total. The Morgan fingerprint density at radius 1 is 0.792 bits per heavy atom. The highest BCUT2D eigenvalue weighted by atomic mass is 79.9. The zero-order valence-corrected chi connectivity index (χ0v) is 15.6. The van der Waals surface area contributed by atoms with Crippen molar-refractivity contribution in [1.29, 1.82) is 0 Å². The molecule has 0 unspecified atom stereocenters. The first-order valence-electron chi connectivity index (χ1n) is 8.70. The van der Waals surface area contributed by atoms with Gasteiger partial charge in [0.2, 0.25) is 0 Å². The van der Waals surface area contributed by atoms with Gasteiger partial charge < -0.3 is 4.74 Å². The van der Waals surface area contributed by atoms with E-state index in [0.717, 1.165) is 17.5 Å². The van der Waals surface area contributed by atoms with Gasteiger partial charge >= 0.3 is 0 Å². The Kier molecular flexibility index (Phi) is 8.61. The van der Waals surface area contributed by atoms with Crippen molar-refractivity contribution < 1.29 is 9.53 Å². The second-order valence-corrected chi connectivity index (χ2v) is 6.67. The summed E-state index contributed by atoms with van der Waals surface area (Å²) < 4.78 is 5.80. The Bertz CT molecular complexity index is 610. The molecular formula is C21H25BrO2. The Balaban J connectivity index is 1.76. The lowest BCUT2D eigenvalue weighted by Gasteiger charge is -2.08. The third kappa shape index (κ3) is 6.48. The van der Waals surface area contributed by atoms with Crippen molar-refractivity contribution >= 4 is 21.7 Å². The fourth-order valence-corrected chi connectivity index (χ4v) is 2.97. The highest BCUT2D eigenvalue weighted by Gasteiger charge is 2.09. The zero-order chi connectivity index (χ0) is 17.0. The summed E-state index contributed by atoms with van der Waals surface area (Å²) in [5.41, 5.74) is 1.38. The van der Waals surface area contributed by atoms with E-state index in [1.807, 2.05) is 54.6 Å². The molecule has 0 fully saturated rings. The molecule has 0 saturated heterocycles. The third-order valence-corrected chi connectivity index (χ3v) is 4.49. The van der Waals surface area contributed by atoms with Crippen LogP contribution >= 0.6 is 15.9 Å². The summed E-state index contributed by atoms with van der Waals surface area (Å²) in [4.78, 5) is 12.4. The predicted octanol–water partition coefficient (Wildman–Crippen LogP) is 6.03. The van der Waals surface area contributed by atoms with Gasteiger partial charge in [-0.05, 0) is 25.0 Å². The summed E-state index contributed by atoms with van der Waals surface area (Å²) in [5, 5.41) is 1.11. The summed E-state index contributed by atoms with van der Waals surface area (Å²) in [6, 6.07) is 16.8. The van der Waals surface area contributed by atoms with Crippen LogP contribution < -0.4 is 4.74 Å². The van der Waals surface area contributed by atoms with Crippen molar-refractivity contribution in [1.82, 2.24) is 0 Å². The first kappa shape index (κ1) is 18.7. The van der Waals surface area contributed by atoms with Crippen molar-refractivity contribution in [3.05, 3.63) is 65.7 Å². The van der Waals surface area contributed by atoms with E-state index in [9.17, 15) is 4.79 Å². The summed E-state index contributed by atoms with van der Waals surface area (Å²) in [5.74, 6) is 0.809. The van der Waals surface area contributed by atoms with Gasteiger partial charge in [0.1, 0.15) is 5.75 Å². The highest BCUT2D eigenvalue weighted by Crippen LogP contribution is 2.17.